The fraction of sp³-hybridized carbons (Fsp3) is 0.500. The van der Waals surface area contributed by atoms with Crippen molar-refractivity contribution < 1.29 is 27.5 Å². The number of rotatable bonds is 13. The van der Waals surface area contributed by atoms with Gasteiger partial charge in [0, 0.05) is 32.1 Å². The molecule has 0 radical (unpaired) electrons. The van der Waals surface area contributed by atoms with Crippen molar-refractivity contribution in [1.82, 2.24) is 10.2 Å². The van der Waals surface area contributed by atoms with Crippen LogP contribution in [0.25, 0.3) is 0 Å². The third-order valence-corrected chi connectivity index (χ3v) is 7.57. The van der Waals surface area contributed by atoms with Gasteiger partial charge in [-0.2, -0.15) is 0 Å². The highest BCUT2D eigenvalue weighted by molar-refractivity contribution is 7.92. The molecule has 0 unspecified atom stereocenters. The molecule has 0 bridgehead atoms. The van der Waals surface area contributed by atoms with E-state index in [0.29, 0.717) is 49.9 Å². The number of sulfonamides is 1. The number of fused-ring (bicyclic) bond motifs is 1. The minimum atomic E-state index is -3.61. The van der Waals surface area contributed by atoms with E-state index in [0.717, 1.165) is 23.8 Å². The van der Waals surface area contributed by atoms with E-state index >= 15 is 0 Å². The Labute approximate surface area is 226 Å². The van der Waals surface area contributed by atoms with E-state index in [4.69, 9.17) is 9.47 Å². The number of amides is 2. The summed E-state index contributed by atoms with van der Waals surface area (Å²) in [4.78, 5) is 28.0. The second-order valence-corrected chi connectivity index (χ2v) is 11.4. The van der Waals surface area contributed by atoms with E-state index in [2.05, 4.69) is 5.32 Å². The van der Waals surface area contributed by atoms with Crippen LogP contribution in [0, 0.1) is 6.92 Å². The van der Waals surface area contributed by atoms with Crippen molar-refractivity contribution in [1.29, 1.82) is 0 Å². The molecule has 9 nitrogen and oxygen atoms in total. The Hall–Kier alpha value is -3.27. The van der Waals surface area contributed by atoms with Gasteiger partial charge in [0.2, 0.25) is 21.8 Å². The third kappa shape index (κ3) is 7.86. The van der Waals surface area contributed by atoms with E-state index in [1.807, 2.05) is 45.0 Å². The molecule has 208 valence electrons. The van der Waals surface area contributed by atoms with Crippen LogP contribution in [0.2, 0.25) is 0 Å². The van der Waals surface area contributed by atoms with Crippen molar-refractivity contribution in [3.63, 3.8) is 0 Å². The molecule has 1 aliphatic heterocycles. The van der Waals surface area contributed by atoms with Crippen LogP contribution in [0.4, 0.5) is 5.69 Å². The van der Waals surface area contributed by atoms with Crippen LogP contribution in [0.5, 0.6) is 11.5 Å². The maximum Gasteiger partial charge on any atom is 0.242 e. The number of hydrogen-bond donors (Lipinski definition) is 1. The first kappa shape index (κ1) is 29.3. The predicted molar refractivity (Wildman–Crippen MR) is 148 cm³/mol. The van der Waals surface area contributed by atoms with Crippen molar-refractivity contribution in [3.05, 3.63) is 53.6 Å². The van der Waals surface area contributed by atoms with Gasteiger partial charge in [0.15, 0.2) is 11.5 Å². The second-order valence-electron chi connectivity index (χ2n) is 9.49. The Kier molecular flexibility index (Phi) is 10.4. The highest BCUT2D eigenvalue weighted by atomic mass is 32.2. The van der Waals surface area contributed by atoms with E-state index in [1.54, 1.807) is 23.1 Å². The molecule has 2 aromatic rings. The molecule has 0 saturated heterocycles. The number of carbonyl (C=O) groups excluding carboxylic acids is 2. The van der Waals surface area contributed by atoms with Gasteiger partial charge in [0.25, 0.3) is 0 Å². The molecule has 0 aromatic heterocycles. The topological polar surface area (TPSA) is 105 Å². The van der Waals surface area contributed by atoms with Gasteiger partial charge >= 0.3 is 0 Å². The lowest BCUT2D eigenvalue weighted by Crippen LogP contribution is -2.49. The first-order valence-corrected chi connectivity index (χ1v) is 15.0. The molecule has 10 heteroatoms. The number of nitrogens with one attached hydrogen (secondary N) is 1. The Balaban J connectivity index is 1.75. The fourth-order valence-corrected chi connectivity index (χ4v) is 5.32. The molecule has 0 fully saturated rings. The molecule has 1 N–H and O–H groups in total. The summed E-state index contributed by atoms with van der Waals surface area (Å²) < 4.78 is 37.7. The molecule has 1 aliphatic rings. The van der Waals surface area contributed by atoms with Gasteiger partial charge in [-0.15, -0.1) is 0 Å². The number of anilines is 1. The van der Waals surface area contributed by atoms with Crippen molar-refractivity contribution in [2.75, 3.05) is 36.9 Å². The average Bonchev–Trinajstić information content (AvgIpc) is 2.89. The van der Waals surface area contributed by atoms with Crippen LogP contribution in [0.3, 0.4) is 0 Å². The standard InChI is InChI=1S/C28H39N3O6S/c1-5-15-29-28(33)24(6-2)30(20-22-11-9-21(3)10-12-22)27(32)8-7-16-31(38(4,34)35)23-13-14-25-26(19-23)37-18-17-36-25/h9-14,19,24H,5-8,15-18,20H2,1-4H3,(H,29,33)/t24-/m1/s1. The number of carbonyl (C=O) groups is 2. The molecule has 0 aliphatic carbocycles. The quantitative estimate of drug-likeness (QED) is 0.412. The number of benzene rings is 2. The van der Waals surface area contributed by atoms with Crippen molar-refractivity contribution in [3.8, 4) is 11.5 Å². The minimum Gasteiger partial charge on any atom is -0.486 e. The summed E-state index contributed by atoms with van der Waals surface area (Å²) in [6.07, 6.45) is 2.80. The van der Waals surface area contributed by atoms with Gasteiger partial charge in [-0.3, -0.25) is 13.9 Å². The van der Waals surface area contributed by atoms with Crippen LogP contribution in [0.15, 0.2) is 42.5 Å². The second kappa shape index (κ2) is 13.5. The molecule has 2 amide bonds. The zero-order chi connectivity index (χ0) is 27.7. The van der Waals surface area contributed by atoms with Gasteiger partial charge in [0.1, 0.15) is 19.3 Å². The largest absolute Gasteiger partial charge is 0.486 e. The monoisotopic (exact) mass is 545 g/mol. The first-order chi connectivity index (χ1) is 18.1. The van der Waals surface area contributed by atoms with E-state index in [-0.39, 0.29) is 31.2 Å². The maximum atomic E-state index is 13.5. The Morgan fingerprint density at radius 2 is 1.71 bits per heavy atom. The molecule has 1 atom stereocenters. The van der Waals surface area contributed by atoms with Crippen LogP contribution in [0.1, 0.15) is 50.7 Å². The lowest BCUT2D eigenvalue weighted by Gasteiger charge is -2.31. The smallest absolute Gasteiger partial charge is 0.242 e. The van der Waals surface area contributed by atoms with E-state index in [9.17, 15) is 18.0 Å². The lowest BCUT2D eigenvalue weighted by atomic mass is 10.1. The van der Waals surface area contributed by atoms with Crippen LogP contribution >= 0.6 is 0 Å². The van der Waals surface area contributed by atoms with Gasteiger partial charge in [-0.1, -0.05) is 43.7 Å². The van der Waals surface area contributed by atoms with Crippen LogP contribution in [-0.2, 0) is 26.2 Å². The lowest BCUT2D eigenvalue weighted by molar-refractivity contribution is -0.141. The minimum absolute atomic E-state index is 0.0972. The van der Waals surface area contributed by atoms with Gasteiger partial charge in [-0.05, 0) is 43.9 Å². The fourth-order valence-electron chi connectivity index (χ4n) is 4.37. The maximum absolute atomic E-state index is 13.5. The molecule has 0 spiro atoms. The van der Waals surface area contributed by atoms with Crippen LogP contribution < -0.4 is 19.1 Å². The summed E-state index contributed by atoms with van der Waals surface area (Å²) in [7, 11) is -3.61. The molecule has 2 aromatic carbocycles. The molecular weight excluding hydrogens is 506 g/mol. The van der Waals surface area contributed by atoms with Crippen molar-refractivity contribution in [2.24, 2.45) is 0 Å². The van der Waals surface area contributed by atoms with E-state index in [1.165, 1.54) is 4.31 Å². The Morgan fingerprint density at radius 1 is 1.03 bits per heavy atom. The number of aryl methyl sites for hydroxylation is 1. The molecule has 38 heavy (non-hydrogen) atoms. The van der Waals surface area contributed by atoms with Crippen LogP contribution in [-0.4, -0.2) is 63.7 Å². The van der Waals surface area contributed by atoms with Crippen molar-refractivity contribution in [2.45, 2.75) is 59.0 Å². The SMILES string of the molecule is CCCNC(=O)[C@@H](CC)N(Cc1ccc(C)cc1)C(=O)CCCN(c1ccc2c(c1)OCCO2)S(C)(=O)=O. The summed E-state index contributed by atoms with van der Waals surface area (Å²) in [6.45, 7) is 7.65. The third-order valence-electron chi connectivity index (χ3n) is 6.37. The highest BCUT2D eigenvalue weighted by Gasteiger charge is 2.29. The van der Waals surface area contributed by atoms with E-state index < -0.39 is 16.1 Å². The summed E-state index contributed by atoms with van der Waals surface area (Å²) in [5.74, 6) is 0.692. The van der Waals surface area contributed by atoms with Crippen molar-refractivity contribution >= 4 is 27.5 Å². The zero-order valence-electron chi connectivity index (χ0n) is 22.7. The van der Waals surface area contributed by atoms with Gasteiger partial charge in [-0.25, -0.2) is 8.42 Å². The summed E-state index contributed by atoms with van der Waals surface area (Å²) >= 11 is 0. The zero-order valence-corrected chi connectivity index (χ0v) is 23.6. The average molecular weight is 546 g/mol. The normalized spacial score (nSPS) is 13.5. The Morgan fingerprint density at radius 3 is 2.34 bits per heavy atom. The molecule has 3 rings (SSSR count). The summed E-state index contributed by atoms with van der Waals surface area (Å²) in [6, 6.07) is 12.3. The molecule has 0 saturated carbocycles. The van der Waals surface area contributed by atoms with Gasteiger partial charge < -0.3 is 19.7 Å². The number of nitrogens with zero attached hydrogens (tertiary/aromatic N) is 2. The van der Waals surface area contributed by atoms with Gasteiger partial charge in [0.05, 0.1) is 11.9 Å². The number of hydrogen-bond acceptors (Lipinski definition) is 6. The Bertz CT molecular complexity index is 1200. The molecule has 1 heterocycles. The predicted octanol–water partition coefficient (Wildman–Crippen LogP) is 3.65. The molecular formula is C28H39N3O6S. The highest BCUT2D eigenvalue weighted by Crippen LogP contribution is 2.34. The first-order valence-electron chi connectivity index (χ1n) is 13.1. The summed E-state index contributed by atoms with van der Waals surface area (Å²) in [5.41, 5.74) is 2.49. The summed E-state index contributed by atoms with van der Waals surface area (Å²) in [5, 5.41) is 2.91. The number of ether oxygens (including phenoxy) is 2.